The van der Waals surface area contributed by atoms with E-state index in [-0.39, 0.29) is 5.91 Å². The number of nitrogens with one attached hydrogen (secondary N) is 1. The van der Waals surface area contributed by atoms with Crippen molar-refractivity contribution in [1.82, 2.24) is 10.3 Å². The minimum Gasteiger partial charge on any atom is -0.378 e. The summed E-state index contributed by atoms with van der Waals surface area (Å²) in [5.74, 6) is 0.277. The summed E-state index contributed by atoms with van der Waals surface area (Å²) in [6.07, 6.45) is 3.44. The highest BCUT2D eigenvalue weighted by Crippen LogP contribution is 2.17. The summed E-state index contributed by atoms with van der Waals surface area (Å²) in [6, 6.07) is 13.4. The standard InChI is InChI=1S/C17H16N4O/c1-21(2)13-8-6-12(7-9-13)11-15-17(22)20-16(19-15)14-5-3-4-10-18-14/h3-11H,1-2H3,(H,19,20,22)/b15-11+. The van der Waals surface area contributed by atoms with Crippen molar-refractivity contribution in [1.29, 1.82) is 0 Å². The Hall–Kier alpha value is -2.95. The lowest BCUT2D eigenvalue weighted by atomic mass is 10.1. The third-order valence-electron chi connectivity index (χ3n) is 3.32. The Morgan fingerprint density at radius 1 is 1.09 bits per heavy atom. The first-order valence-electron chi connectivity index (χ1n) is 6.94. The monoisotopic (exact) mass is 292 g/mol. The molecule has 5 nitrogen and oxygen atoms in total. The molecule has 1 aromatic heterocycles. The van der Waals surface area contributed by atoms with Crippen molar-refractivity contribution in [2.75, 3.05) is 19.0 Å². The molecule has 0 bridgehead atoms. The lowest BCUT2D eigenvalue weighted by Crippen LogP contribution is -2.25. The molecule has 0 saturated carbocycles. The molecule has 0 spiro atoms. The van der Waals surface area contributed by atoms with Crippen LogP contribution < -0.4 is 10.2 Å². The van der Waals surface area contributed by atoms with Crippen LogP contribution in [0.25, 0.3) is 6.08 Å². The van der Waals surface area contributed by atoms with Crippen LogP contribution in [0.5, 0.6) is 0 Å². The summed E-state index contributed by atoms with van der Waals surface area (Å²) in [6.45, 7) is 0. The Labute approximate surface area is 129 Å². The number of aromatic nitrogens is 1. The molecule has 110 valence electrons. The first-order valence-corrected chi connectivity index (χ1v) is 6.94. The van der Waals surface area contributed by atoms with E-state index < -0.39 is 0 Å². The molecule has 0 fully saturated rings. The molecule has 1 aliphatic heterocycles. The summed E-state index contributed by atoms with van der Waals surface area (Å²) in [5.41, 5.74) is 3.08. The topological polar surface area (TPSA) is 57.6 Å². The van der Waals surface area contributed by atoms with Crippen LogP contribution in [0.4, 0.5) is 5.69 Å². The maximum atomic E-state index is 12.0. The Balaban J connectivity index is 1.87. The van der Waals surface area contributed by atoms with Gasteiger partial charge in [0.15, 0.2) is 5.84 Å². The quantitative estimate of drug-likeness (QED) is 0.881. The number of pyridine rings is 1. The second-order valence-electron chi connectivity index (χ2n) is 5.15. The SMILES string of the molecule is CN(C)c1ccc(/C=C2/N=C(c3ccccn3)NC2=O)cc1. The minimum absolute atomic E-state index is 0.211. The van der Waals surface area contributed by atoms with Crippen molar-refractivity contribution < 1.29 is 4.79 Å². The van der Waals surface area contributed by atoms with E-state index >= 15 is 0 Å². The number of benzene rings is 1. The van der Waals surface area contributed by atoms with Gasteiger partial charge in [-0.2, -0.15) is 0 Å². The van der Waals surface area contributed by atoms with Gasteiger partial charge in [0, 0.05) is 26.0 Å². The summed E-state index contributed by atoms with van der Waals surface area (Å²) in [4.78, 5) is 22.6. The summed E-state index contributed by atoms with van der Waals surface area (Å²) in [7, 11) is 3.97. The smallest absolute Gasteiger partial charge is 0.275 e. The van der Waals surface area contributed by atoms with Gasteiger partial charge in [-0.1, -0.05) is 18.2 Å². The number of rotatable bonds is 3. The number of amides is 1. The molecule has 1 aliphatic rings. The van der Waals surface area contributed by atoms with Crippen LogP contribution in [0.1, 0.15) is 11.3 Å². The van der Waals surface area contributed by atoms with Crippen LogP contribution >= 0.6 is 0 Å². The molecule has 0 aliphatic carbocycles. The zero-order valence-electron chi connectivity index (χ0n) is 12.4. The van der Waals surface area contributed by atoms with Gasteiger partial charge in [-0.15, -0.1) is 0 Å². The average Bonchev–Trinajstić information content (AvgIpc) is 2.90. The molecule has 3 rings (SSSR count). The molecule has 0 radical (unpaired) electrons. The zero-order chi connectivity index (χ0) is 15.5. The molecular weight excluding hydrogens is 276 g/mol. The summed E-state index contributed by atoms with van der Waals surface area (Å²) < 4.78 is 0. The first-order chi connectivity index (χ1) is 10.6. The third-order valence-corrected chi connectivity index (χ3v) is 3.32. The highest BCUT2D eigenvalue weighted by atomic mass is 16.2. The molecule has 0 saturated heterocycles. The second kappa shape index (κ2) is 5.81. The number of carbonyl (C=O) groups excluding carboxylic acids is 1. The fourth-order valence-corrected chi connectivity index (χ4v) is 2.12. The third kappa shape index (κ3) is 2.88. The maximum absolute atomic E-state index is 12.0. The van der Waals surface area contributed by atoms with E-state index in [1.807, 2.05) is 61.5 Å². The molecule has 22 heavy (non-hydrogen) atoms. The van der Waals surface area contributed by atoms with Crippen molar-refractivity contribution in [2.24, 2.45) is 4.99 Å². The molecule has 5 heteroatoms. The largest absolute Gasteiger partial charge is 0.378 e. The van der Waals surface area contributed by atoms with E-state index in [9.17, 15) is 4.79 Å². The lowest BCUT2D eigenvalue weighted by Gasteiger charge is -2.11. The average molecular weight is 292 g/mol. The van der Waals surface area contributed by atoms with Gasteiger partial charge in [-0.25, -0.2) is 4.99 Å². The summed E-state index contributed by atoms with van der Waals surface area (Å²) in [5, 5.41) is 2.74. The number of carbonyl (C=O) groups is 1. The van der Waals surface area contributed by atoms with Gasteiger partial charge in [0.05, 0.1) is 0 Å². The second-order valence-corrected chi connectivity index (χ2v) is 5.15. The van der Waals surface area contributed by atoms with Gasteiger partial charge < -0.3 is 10.2 Å². The normalized spacial score (nSPS) is 15.6. The number of aliphatic imine (C=N–C) groups is 1. The van der Waals surface area contributed by atoms with Crippen molar-refractivity contribution in [2.45, 2.75) is 0 Å². The van der Waals surface area contributed by atoms with Crippen LogP contribution in [-0.2, 0) is 4.79 Å². The highest BCUT2D eigenvalue weighted by molar-refractivity contribution is 6.19. The van der Waals surface area contributed by atoms with Crippen molar-refractivity contribution in [3.8, 4) is 0 Å². The maximum Gasteiger partial charge on any atom is 0.275 e. The fourth-order valence-electron chi connectivity index (χ4n) is 2.12. The van der Waals surface area contributed by atoms with E-state index in [1.165, 1.54) is 0 Å². The highest BCUT2D eigenvalue weighted by Gasteiger charge is 2.21. The van der Waals surface area contributed by atoms with Crippen LogP contribution in [0, 0.1) is 0 Å². The Bertz CT molecular complexity index is 746. The first kappa shape index (κ1) is 14.0. The van der Waals surface area contributed by atoms with Crippen molar-refractivity contribution >= 4 is 23.5 Å². The van der Waals surface area contributed by atoms with Crippen LogP contribution in [0.2, 0.25) is 0 Å². The Kier molecular flexibility index (Phi) is 3.70. The Morgan fingerprint density at radius 3 is 2.50 bits per heavy atom. The number of nitrogens with zero attached hydrogens (tertiary/aromatic N) is 3. The van der Waals surface area contributed by atoms with E-state index in [1.54, 1.807) is 12.3 Å². The van der Waals surface area contributed by atoms with Gasteiger partial charge in [0.1, 0.15) is 11.4 Å². The van der Waals surface area contributed by atoms with Gasteiger partial charge in [0.2, 0.25) is 0 Å². The molecule has 0 atom stereocenters. The predicted molar refractivity (Wildman–Crippen MR) is 87.7 cm³/mol. The van der Waals surface area contributed by atoms with Gasteiger partial charge in [0.25, 0.3) is 5.91 Å². The number of hydrogen-bond donors (Lipinski definition) is 1. The van der Waals surface area contributed by atoms with E-state index in [0.717, 1.165) is 11.3 Å². The summed E-state index contributed by atoms with van der Waals surface area (Å²) >= 11 is 0. The Morgan fingerprint density at radius 2 is 1.86 bits per heavy atom. The molecule has 0 unspecified atom stereocenters. The van der Waals surface area contributed by atoms with Gasteiger partial charge >= 0.3 is 0 Å². The molecule has 1 N–H and O–H groups in total. The number of anilines is 1. The van der Waals surface area contributed by atoms with E-state index in [2.05, 4.69) is 15.3 Å². The molecule has 2 aromatic rings. The van der Waals surface area contributed by atoms with E-state index in [0.29, 0.717) is 17.2 Å². The molecule has 2 heterocycles. The molecule has 1 aromatic carbocycles. The lowest BCUT2D eigenvalue weighted by molar-refractivity contribution is -0.115. The zero-order valence-corrected chi connectivity index (χ0v) is 12.4. The number of hydrogen-bond acceptors (Lipinski definition) is 4. The van der Waals surface area contributed by atoms with Gasteiger partial charge in [-0.05, 0) is 35.9 Å². The van der Waals surface area contributed by atoms with Gasteiger partial charge in [-0.3, -0.25) is 9.78 Å². The fraction of sp³-hybridized carbons (Fsp3) is 0.118. The van der Waals surface area contributed by atoms with Crippen molar-refractivity contribution in [3.63, 3.8) is 0 Å². The molecular formula is C17H16N4O. The van der Waals surface area contributed by atoms with E-state index in [4.69, 9.17) is 0 Å². The minimum atomic E-state index is -0.211. The predicted octanol–water partition coefficient (Wildman–Crippen LogP) is 2.07. The van der Waals surface area contributed by atoms with Crippen LogP contribution in [0.15, 0.2) is 59.4 Å². The molecule has 1 amide bonds. The van der Waals surface area contributed by atoms with Crippen LogP contribution in [0.3, 0.4) is 0 Å². The van der Waals surface area contributed by atoms with Crippen molar-refractivity contribution in [3.05, 3.63) is 65.6 Å². The number of amidine groups is 1. The van der Waals surface area contributed by atoms with Crippen LogP contribution in [-0.4, -0.2) is 30.8 Å².